The number of amides is 2. The smallest absolute Gasteiger partial charge is 0.317 e. The van der Waals surface area contributed by atoms with Crippen LogP contribution in [-0.2, 0) is 11.3 Å². The molecule has 6 nitrogen and oxygen atoms in total. The number of carbonyl (C=O) groups is 2. The molecule has 1 heterocycles. The zero-order valence-electron chi connectivity index (χ0n) is 10.4. The monoisotopic (exact) mass is 271 g/mol. The molecule has 0 aliphatic rings. The summed E-state index contributed by atoms with van der Waals surface area (Å²) in [6.45, 7) is 2.59. The molecule has 2 N–H and O–H groups in total. The molecule has 0 aliphatic carbocycles. The van der Waals surface area contributed by atoms with E-state index in [-0.39, 0.29) is 18.4 Å². The highest BCUT2D eigenvalue weighted by molar-refractivity contribution is 7.07. The van der Waals surface area contributed by atoms with Gasteiger partial charge in [-0.2, -0.15) is 0 Å². The fourth-order valence-corrected chi connectivity index (χ4v) is 1.95. The van der Waals surface area contributed by atoms with E-state index in [0.29, 0.717) is 13.1 Å². The molecular weight excluding hydrogens is 254 g/mol. The first-order chi connectivity index (χ1) is 8.49. The summed E-state index contributed by atoms with van der Waals surface area (Å²) in [6, 6.07) is -0.222. The van der Waals surface area contributed by atoms with Gasteiger partial charge in [0, 0.05) is 25.4 Å². The van der Waals surface area contributed by atoms with Crippen LogP contribution in [0.2, 0.25) is 0 Å². The Morgan fingerprint density at radius 1 is 1.61 bits per heavy atom. The van der Waals surface area contributed by atoms with Crippen LogP contribution in [0.25, 0.3) is 0 Å². The Bertz CT molecular complexity index is 394. The Morgan fingerprint density at radius 3 is 2.89 bits per heavy atom. The van der Waals surface area contributed by atoms with Crippen LogP contribution in [0.3, 0.4) is 0 Å². The van der Waals surface area contributed by atoms with Crippen molar-refractivity contribution in [1.82, 2.24) is 15.2 Å². The predicted molar refractivity (Wildman–Crippen MR) is 68.4 cm³/mol. The SMILES string of the molecule is CC(CNC(=O)N(C)Cc1cscn1)CC(=O)O. The number of thiazole rings is 1. The van der Waals surface area contributed by atoms with Crippen molar-refractivity contribution in [2.75, 3.05) is 13.6 Å². The van der Waals surface area contributed by atoms with Crippen molar-refractivity contribution in [3.63, 3.8) is 0 Å². The first-order valence-corrected chi connectivity index (χ1v) is 6.51. The third-order valence-electron chi connectivity index (χ3n) is 2.35. The molecule has 2 amide bonds. The Labute approximate surface area is 110 Å². The third kappa shape index (κ3) is 5.13. The van der Waals surface area contributed by atoms with Crippen LogP contribution in [0.5, 0.6) is 0 Å². The highest BCUT2D eigenvalue weighted by Crippen LogP contribution is 2.04. The number of carboxylic acid groups (broad SMARTS) is 1. The lowest BCUT2D eigenvalue weighted by Gasteiger charge is -2.18. The van der Waals surface area contributed by atoms with Crippen molar-refractivity contribution >= 4 is 23.3 Å². The molecular formula is C11H17N3O3S. The van der Waals surface area contributed by atoms with Crippen LogP contribution in [0.1, 0.15) is 19.0 Å². The predicted octanol–water partition coefficient (Wildman–Crippen LogP) is 1.40. The molecule has 1 aromatic heterocycles. The summed E-state index contributed by atoms with van der Waals surface area (Å²) in [7, 11) is 1.68. The van der Waals surface area contributed by atoms with Gasteiger partial charge in [-0.3, -0.25) is 4.79 Å². The molecule has 1 atom stereocenters. The van der Waals surface area contributed by atoms with E-state index in [1.54, 1.807) is 19.5 Å². The lowest BCUT2D eigenvalue weighted by Crippen LogP contribution is -2.39. The van der Waals surface area contributed by atoms with Gasteiger partial charge >= 0.3 is 12.0 Å². The minimum Gasteiger partial charge on any atom is -0.481 e. The molecule has 7 heteroatoms. The lowest BCUT2D eigenvalue weighted by molar-refractivity contribution is -0.137. The maximum Gasteiger partial charge on any atom is 0.317 e. The number of urea groups is 1. The normalized spacial score (nSPS) is 11.9. The Kier molecular flexibility index (Phi) is 5.57. The maximum absolute atomic E-state index is 11.7. The quantitative estimate of drug-likeness (QED) is 0.819. The highest BCUT2D eigenvalue weighted by atomic mass is 32.1. The van der Waals surface area contributed by atoms with Gasteiger partial charge in [-0.15, -0.1) is 11.3 Å². The third-order valence-corrected chi connectivity index (χ3v) is 2.99. The van der Waals surface area contributed by atoms with Crippen molar-refractivity contribution < 1.29 is 14.7 Å². The minimum absolute atomic E-state index is 0.0517. The van der Waals surface area contributed by atoms with E-state index >= 15 is 0 Å². The van der Waals surface area contributed by atoms with Crippen LogP contribution in [0, 0.1) is 5.92 Å². The van der Waals surface area contributed by atoms with Crippen molar-refractivity contribution in [1.29, 1.82) is 0 Å². The first-order valence-electron chi connectivity index (χ1n) is 5.57. The van der Waals surface area contributed by atoms with Gasteiger partial charge in [-0.1, -0.05) is 6.92 Å². The molecule has 0 aromatic carbocycles. The summed E-state index contributed by atoms with van der Waals surface area (Å²) >= 11 is 1.48. The van der Waals surface area contributed by atoms with E-state index in [0.717, 1.165) is 5.69 Å². The van der Waals surface area contributed by atoms with Gasteiger partial charge in [0.1, 0.15) is 0 Å². The maximum atomic E-state index is 11.7. The number of rotatable bonds is 6. The number of aliphatic carboxylic acids is 1. The van der Waals surface area contributed by atoms with Gasteiger partial charge in [-0.25, -0.2) is 9.78 Å². The zero-order chi connectivity index (χ0) is 13.5. The van der Waals surface area contributed by atoms with Crippen molar-refractivity contribution in [3.8, 4) is 0 Å². The van der Waals surface area contributed by atoms with Gasteiger partial charge in [0.25, 0.3) is 0 Å². The van der Waals surface area contributed by atoms with E-state index in [2.05, 4.69) is 10.3 Å². The molecule has 18 heavy (non-hydrogen) atoms. The summed E-state index contributed by atoms with van der Waals surface area (Å²) in [5, 5.41) is 13.2. The van der Waals surface area contributed by atoms with E-state index in [4.69, 9.17) is 5.11 Å². The number of aromatic nitrogens is 1. The second kappa shape index (κ2) is 6.95. The van der Waals surface area contributed by atoms with Gasteiger partial charge in [0.2, 0.25) is 0 Å². The average Bonchev–Trinajstić information content (AvgIpc) is 2.77. The molecule has 0 aliphatic heterocycles. The van der Waals surface area contributed by atoms with Gasteiger partial charge in [-0.05, 0) is 5.92 Å². The van der Waals surface area contributed by atoms with Gasteiger partial charge < -0.3 is 15.3 Å². The van der Waals surface area contributed by atoms with Crippen LogP contribution in [0.15, 0.2) is 10.9 Å². The van der Waals surface area contributed by atoms with E-state index in [9.17, 15) is 9.59 Å². The molecule has 1 rings (SSSR count). The molecule has 1 unspecified atom stereocenters. The summed E-state index contributed by atoms with van der Waals surface area (Å²) in [6.07, 6.45) is 0.0517. The van der Waals surface area contributed by atoms with Crippen LogP contribution < -0.4 is 5.32 Å². The Morgan fingerprint density at radius 2 is 2.33 bits per heavy atom. The summed E-state index contributed by atoms with van der Waals surface area (Å²) in [4.78, 5) is 27.8. The topological polar surface area (TPSA) is 82.5 Å². The molecule has 0 bridgehead atoms. The van der Waals surface area contributed by atoms with E-state index < -0.39 is 5.97 Å². The minimum atomic E-state index is -0.854. The van der Waals surface area contributed by atoms with Crippen molar-refractivity contribution in [3.05, 3.63) is 16.6 Å². The Hall–Kier alpha value is -1.63. The van der Waals surface area contributed by atoms with E-state index in [1.807, 2.05) is 5.38 Å². The number of nitrogens with one attached hydrogen (secondary N) is 1. The number of hydrogen-bond acceptors (Lipinski definition) is 4. The van der Waals surface area contributed by atoms with Crippen LogP contribution in [-0.4, -0.2) is 40.6 Å². The second-order valence-corrected chi connectivity index (χ2v) is 4.94. The number of nitrogens with zero attached hydrogens (tertiary/aromatic N) is 2. The lowest BCUT2D eigenvalue weighted by atomic mass is 10.1. The molecule has 0 spiro atoms. The fraction of sp³-hybridized carbons (Fsp3) is 0.545. The molecule has 1 aromatic rings. The fourth-order valence-electron chi connectivity index (χ4n) is 1.40. The molecule has 0 radical (unpaired) electrons. The number of hydrogen-bond donors (Lipinski definition) is 2. The average molecular weight is 271 g/mol. The second-order valence-electron chi connectivity index (χ2n) is 4.22. The number of carbonyl (C=O) groups excluding carboxylic acids is 1. The zero-order valence-corrected chi connectivity index (χ0v) is 11.2. The van der Waals surface area contributed by atoms with Gasteiger partial charge in [0.15, 0.2) is 0 Å². The summed E-state index contributed by atoms with van der Waals surface area (Å²) in [5.41, 5.74) is 2.56. The summed E-state index contributed by atoms with van der Waals surface area (Å²) in [5.74, 6) is -0.938. The van der Waals surface area contributed by atoms with Crippen LogP contribution >= 0.6 is 11.3 Å². The first kappa shape index (κ1) is 14.4. The van der Waals surface area contributed by atoms with E-state index in [1.165, 1.54) is 16.2 Å². The summed E-state index contributed by atoms with van der Waals surface area (Å²) < 4.78 is 0. The molecule has 0 fully saturated rings. The van der Waals surface area contributed by atoms with Crippen molar-refractivity contribution in [2.45, 2.75) is 19.9 Å². The standard InChI is InChI=1S/C11H17N3O3S/c1-8(3-10(15)16)4-12-11(17)14(2)5-9-6-18-7-13-9/h6-8H,3-5H2,1-2H3,(H,12,17)(H,15,16). The van der Waals surface area contributed by atoms with Crippen LogP contribution in [0.4, 0.5) is 4.79 Å². The Balaban J connectivity index is 2.29. The molecule has 100 valence electrons. The highest BCUT2D eigenvalue weighted by Gasteiger charge is 2.12. The molecule has 0 saturated heterocycles. The molecule has 0 saturated carbocycles. The van der Waals surface area contributed by atoms with Gasteiger partial charge in [0.05, 0.1) is 17.7 Å². The number of carboxylic acids is 1. The largest absolute Gasteiger partial charge is 0.481 e. The van der Waals surface area contributed by atoms with Crippen molar-refractivity contribution in [2.24, 2.45) is 5.92 Å².